The molecule has 112 valence electrons. The van der Waals surface area contributed by atoms with Gasteiger partial charge in [0.2, 0.25) is 5.95 Å². The molecule has 0 aliphatic carbocycles. The number of para-hydroxylation sites is 2. The quantitative estimate of drug-likeness (QED) is 0.847. The number of rotatable bonds is 4. The summed E-state index contributed by atoms with van der Waals surface area (Å²) in [6, 6.07) is 6.72. The molecule has 0 bridgehead atoms. The third-order valence-electron chi connectivity index (χ3n) is 2.96. The molecule has 2 rings (SSSR count). The van der Waals surface area contributed by atoms with Gasteiger partial charge in [-0.25, -0.2) is 14.6 Å². The van der Waals surface area contributed by atoms with Crippen molar-refractivity contribution in [2.24, 2.45) is 0 Å². The van der Waals surface area contributed by atoms with E-state index in [4.69, 9.17) is 0 Å². The van der Waals surface area contributed by atoms with Crippen LogP contribution in [0.25, 0.3) is 11.0 Å². The summed E-state index contributed by atoms with van der Waals surface area (Å²) < 4.78 is 4.66. The van der Waals surface area contributed by atoms with Crippen LogP contribution < -0.4 is 10.2 Å². The number of aromatic nitrogens is 2. The average Bonchev–Trinajstić information content (AvgIpc) is 2.90. The highest BCUT2D eigenvalue weighted by Crippen LogP contribution is 2.17. The fourth-order valence-electron chi connectivity index (χ4n) is 1.85. The number of fused-ring (bicyclic) bond motifs is 1. The molecule has 1 heterocycles. The predicted octanol–water partition coefficient (Wildman–Crippen LogP) is 2.65. The Morgan fingerprint density at radius 2 is 2.14 bits per heavy atom. The molecule has 7 heteroatoms. The van der Waals surface area contributed by atoms with Crippen molar-refractivity contribution in [3.63, 3.8) is 0 Å². The summed E-state index contributed by atoms with van der Waals surface area (Å²) in [6.45, 7) is 2.51. The van der Waals surface area contributed by atoms with Crippen molar-refractivity contribution in [1.82, 2.24) is 15.3 Å². The van der Waals surface area contributed by atoms with Crippen molar-refractivity contribution < 1.29 is 14.3 Å². The van der Waals surface area contributed by atoms with E-state index in [2.05, 4.69) is 20.0 Å². The van der Waals surface area contributed by atoms with Gasteiger partial charge in [0.05, 0.1) is 18.1 Å². The Bertz CT molecular complexity index is 605. The highest BCUT2D eigenvalue weighted by Gasteiger charge is 2.27. The molecule has 1 aromatic carbocycles. The van der Waals surface area contributed by atoms with E-state index in [1.807, 2.05) is 25.1 Å². The largest absolute Gasteiger partial charge is 0.452 e. The number of anilines is 1. The van der Waals surface area contributed by atoms with E-state index in [-0.39, 0.29) is 5.95 Å². The number of hydrogen-bond acceptors (Lipinski definition) is 4. The Labute approximate surface area is 122 Å². The first-order valence-electron chi connectivity index (χ1n) is 6.78. The van der Waals surface area contributed by atoms with Gasteiger partial charge in [-0.3, -0.25) is 0 Å². The Morgan fingerprint density at radius 1 is 1.38 bits per heavy atom. The molecule has 21 heavy (non-hydrogen) atoms. The number of imidazole rings is 1. The number of nitrogens with one attached hydrogen (secondary N) is 2. The fourth-order valence-corrected chi connectivity index (χ4v) is 1.85. The molecule has 2 aromatic rings. The summed E-state index contributed by atoms with van der Waals surface area (Å²) in [5, 5.41) is 2.67. The number of ether oxygens (including phenoxy) is 1. The second kappa shape index (κ2) is 6.74. The summed E-state index contributed by atoms with van der Waals surface area (Å²) >= 11 is 0. The van der Waals surface area contributed by atoms with Crippen molar-refractivity contribution in [3.8, 4) is 0 Å². The number of unbranched alkanes of at least 4 members (excludes halogenated alkanes) is 1. The predicted molar refractivity (Wildman–Crippen MR) is 79.3 cm³/mol. The Morgan fingerprint density at radius 3 is 2.81 bits per heavy atom. The first kappa shape index (κ1) is 14.8. The lowest BCUT2D eigenvalue weighted by Gasteiger charge is -2.16. The van der Waals surface area contributed by atoms with Crippen LogP contribution in [0.15, 0.2) is 24.3 Å². The summed E-state index contributed by atoms with van der Waals surface area (Å²) in [5.41, 5.74) is 1.41. The van der Waals surface area contributed by atoms with Crippen LogP contribution in [-0.4, -0.2) is 35.7 Å². The number of amides is 3. The molecule has 7 nitrogen and oxygen atoms in total. The van der Waals surface area contributed by atoms with Gasteiger partial charge in [0.25, 0.3) is 0 Å². The molecule has 3 amide bonds. The summed E-state index contributed by atoms with van der Waals surface area (Å²) in [6.07, 6.45) is 0.993. The van der Waals surface area contributed by atoms with E-state index in [1.54, 1.807) is 6.07 Å². The third kappa shape index (κ3) is 3.31. The first-order valence-corrected chi connectivity index (χ1v) is 6.78. The minimum atomic E-state index is -0.789. The van der Waals surface area contributed by atoms with Crippen LogP contribution in [0.2, 0.25) is 0 Å². The van der Waals surface area contributed by atoms with Gasteiger partial charge in [-0.1, -0.05) is 25.5 Å². The minimum absolute atomic E-state index is 0.136. The van der Waals surface area contributed by atoms with Gasteiger partial charge in [-0.05, 0) is 18.6 Å². The summed E-state index contributed by atoms with van der Waals surface area (Å²) in [4.78, 5) is 32.0. The van der Waals surface area contributed by atoms with Crippen LogP contribution in [-0.2, 0) is 4.74 Å². The van der Waals surface area contributed by atoms with Gasteiger partial charge in [0.1, 0.15) is 0 Å². The topological polar surface area (TPSA) is 87.3 Å². The normalized spacial score (nSPS) is 10.4. The molecule has 2 N–H and O–H groups in total. The van der Waals surface area contributed by atoms with E-state index in [1.165, 1.54) is 7.11 Å². The molecular formula is C14H18N4O3. The van der Waals surface area contributed by atoms with Crippen LogP contribution in [0.1, 0.15) is 19.8 Å². The molecule has 1 aromatic heterocycles. The SMILES string of the molecule is CCCCNC(=O)N(C(=O)OC)c1nc2ccccc2[nH]1. The second-order valence-electron chi connectivity index (χ2n) is 4.47. The van der Waals surface area contributed by atoms with Gasteiger partial charge < -0.3 is 15.0 Å². The molecule has 0 saturated heterocycles. The van der Waals surface area contributed by atoms with Crippen molar-refractivity contribution in [1.29, 1.82) is 0 Å². The number of carbonyl (C=O) groups is 2. The zero-order valence-electron chi connectivity index (χ0n) is 12.0. The molecule has 0 saturated carbocycles. The number of aromatic amines is 1. The third-order valence-corrected chi connectivity index (χ3v) is 2.96. The van der Waals surface area contributed by atoms with E-state index >= 15 is 0 Å². The highest BCUT2D eigenvalue weighted by atomic mass is 16.5. The fraction of sp³-hybridized carbons (Fsp3) is 0.357. The Balaban J connectivity index is 2.26. The molecular weight excluding hydrogens is 272 g/mol. The Hall–Kier alpha value is -2.57. The zero-order valence-corrected chi connectivity index (χ0v) is 12.0. The monoisotopic (exact) mass is 290 g/mol. The van der Waals surface area contributed by atoms with Gasteiger partial charge in [-0.2, -0.15) is 4.90 Å². The number of nitrogens with zero attached hydrogens (tertiary/aromatic N) is 2. The number of urea groups is 1. The summed E-state index contributed by atoms with van der Waals surface area (Å²) in [7, 11) is 1.22. The highest BCUT2D eigenvalue weighted by molar-refractivity contribution is 6.10. The molecule has 0 aliphatic heterocycles. The maximum absolute atomic E-state index is 12.1. The van der Waals surface area contributed by atoms with Gasteiger partial charge >= 0.3 is 12.1 Å². The molecule has 0 atom stereocenters. The van der Waals surface area contributed by atoms with Crippen LogP contribution >= 0.6 is 0 Å². The molecule has 0 fully saturated rings. The number of carbonyl (C=O) groups excluding carboxylic acids is 2. The number of H-pyrrole nitrogens is 1. The van der Waals surface area contributed by atoms with Crippen molar-refractivity contribution in [3.05, 3.63) is 24.3 Å². The van der Waals surface area contributed by atoms with E-state index < -0.39 is 12.1 Å². The van der Waals surface area contributed by atoms with Gasteiger partial charge in [-0.15, -0.1) is 0 Å². The molecule has 0 unspecified atom stereocenters. The van der Waals surface area contributed by atoms with E-state index in [0.717, 1.165) is 23.3 Å². The van der Waals surface area contributed by atoms with Crippen molar-refractivity contribution >= 4 is 29.1 Å². The second-order valence-corrected chi connectivity index (χ2v) is 4.47. The smallest absolute Gasteiger partial charge is 0.424 e. The van der Waals surface area contributed by atoms with E-state index in [9.17, 15) is 9.59 Å². The average molecular weight is 290 g/mol. The maximum Gasteiger partial charge on any atom is 0.424 e. The van der Waals surface area contributed by atoms with Crippen LogP contribution in [0.5, 0.6) is 0 Å². The minimum Gasteiger partial charge on any atom is -0.452 e. The lowest BCUT2D eigenvalue weighted by atomic mass is 10.3. The van der Waals surface area contributed by atoms with E-state index in [0.29, 0.717) is 12.1 Å². The lowest BCUT2D eigenvalue weighted by Crippen LogP contribution is -2.45. The van der Waals surface area contributed by atoms with Crippen LogP contribution in [0.4, 0.5) is 15.5 Å². The van der Waals surface area contributed by atoms with Gasteiger partial charge in [0, 0.05) is 6.54 Å². The molecule has 0 aliphatic rings. The Kier molecular flexibility index (Phi) is 4.76. The lowest BCUT2D eigenvalue weighted by molar-refractivity contribution is 0.177. The number of imide groups is 1. The zero-order chi connectivity index (χ0) is 15.2. The first-order chi connectivity index (χ1) is 10.2. The number of hydrogen-bond donors (Lipinski definition) is 2. The molecule has 0 radical (unpaired) electrons. The van der Waals surface area contributed by atoms with Crippen LogP contribution in [0, 0.1) is 0 Å². The van der Waals surface area contributed by atoms with Crippen molar-refractivity contribution in [2.45, 2.75) is 19.8 Å². The van der Waals surface area contributed by atoms with Crippen LogP contribution in [0.3, 0.4) is 0 Å². The maximum atomic E-state index is 12.1. The standard InChI is InChI=1S/C14H18N4O3/c1-3-4-9-15-13(19)18(14(20)21-2)12-16-10-7-5-6-8-11(10)17-12/h5-8H,3-4,9H2,1-2H3,(H,15,19)(H,16,17). The molecule has 0 spiro atoms. The number of benzene rings is 1. The van der Waals surface area contributed by atoms with Crippen molar-refractivity contribution in [2.75, 3.05) is 18.6 Å². The number of methoxy groups -OCH3 is 1. The van der Waals surface area contributed by atoms with Gasteiger partial charge in [0.15, 0.2) is 0 Å². The summed E-state index contributed by atoms with van der Waals surface area (Å²) in [5.74, 6) is 0.136.